The van der Waals surface area contributed by atoms with Crippen molar-refractivity contribution in [2.75, 3.05) is 0 Å². The van der Waals surface area contributed by atoms with Crippen molar-refractivity contribution in [2.45, 2.75) is 6.61 Å². The fourth-order valence-corrected chi connectivity index (χ4v) is 2.82. The number of amides is 1. The molecule has 0 fully saturated rings. The number of benzene rings is 3. The Morgan fingerprint density at radius 2 is 1.82 bits per heavy atom. The molecule has 0 saturated carbocycles. The number of hydrogen-bond donors (Lipinski definition) is 2. The largest absolute Gasteiger partial charge is 0.508 e. The predicted molar refractivity (Wildman–Crippen MR) is 110 cm³/mol. The highest BCUT2D eigenvalue weighted by molar-refractivity contribution is 6.35. The highest BCUT2D eigenvalue weighted by Gasteiger charge is 2.12. The van der Waals surface area contributed by atoms with E-state index in [1.807, 2.05) is 0 Å². The summed E-state index contributed by atoms with van der Waals surface area (Å²) in [6, 6.07) is 18.4. The first-order valence-corrected chi connectivity index (χ1v) is 9.07. The summed E-state index contributed by atoms with van der Waals surface area (Å²) >= 11 is 12.1. The van der Waals surface area contributed by atoms with Crippen LogP contribution in [0.1, 0.15) is 21.5 Å². The van der Waals surface area contributed by atoms with E-state index in [-0.39, 0.29) is 12.4 Å². The second kappa shape index (κ2) is 9.26. The minimum atomic E-state index is -0.409. The third kappa shape index (κ3) is 5.25. The van der Waals surface area contributed by atoms with Crippen LogP contribution in [0, 0.1) is 0 Å². The number of carbonyl (C=O) groups is 1. The van der Waals surface area contributed by atoms with Gasteiger partial charge in [0.25, 0.3) is 5.91 Å². The van der Waals surface area contributed by atoms with E-state index in [2.05, 4.69) is 10.5 Å². The smallest absolute Gasteiger partial charge is 0.275 e. The Balaban J connectivity index is 1.67. The maximum Gasteiger partial charge on any atom is 0.275 e. The van der Waals surface area contributed by atoms with Crippen molar-refractivity contribution in [2.24, 2.45) is 5.10 Å². The van der Waals surface area contributed by atoms with Crippen LogP contribution in [-0.2, 0) is 6.61 Å². The lowest BCUT2D eigenvalue weighted by Gasteiger charge is -2.11. The lowest BCUT2D eigenvalue weighted by atomic mass is 10.2. The SMILES string of the molecule is O=C(N/N=C/c1ccc(O)cc1)c1ccccc1OCc1ccc(Cl)cc1Cl. The number of hydrogen-bond acceptors (Lipinski definition) is 4. The summed E-state index contributed by atoms with van der Waals surface area (Å²) < 4.78 is 5.77. The van der Waals surface area contributed by atoms with Gasteiger partial charge in [0, 0.05) is 15.6 Å². The second-order valence-corrected chi connectivity index (χ2v) is 6.65. The minimum Gasteiger partial charge on any atom is -0.508 e. The van der Waals surface area contributed by atoms with Crippen LogP contribution < -0.4 is 10.2 Å². The molecule has 2 N–H and O–H groups in total. The molecule has 1 amide bonds. The van der Waals surface area contributed by atoms with Crippen molar-refractivity contribution >= 4 is 35.3 Å². The van der Waals surface area contributed by atoms with Crippen LogP contribution in [0.25, 0.3) is 0 Å². The van der Waals surface area contributed by atoms with Crippen LogP contribution in [0.4, 0.5) is 0 Å². The van der Waals surface area contributed by atoms with Crippen LogP contribution >= 0.6 is 23.2 Å². The molecule has 0 atom stereocenters. The number of ether oxygens (including phenoxy) is 1. The standard InChI is InChI=1S/C21H16Cl2N2O3/c22-16-8-7-15(19(23)11-16)13-28-20-4-2-1-3-18(20)21(27)25-24-12-14-5-9-17(26)10-6-14/h1-12,26H,13H2,(H,25,27)/b24-12+. The van der Waals surface area contributed by atoms with E-state index >= 15 is 0 Å². The van der Waals surface area contributed by atoms with Crippen molar-refractivity contribution in [3.63, 3.8) is 0 Å². The molecule has 0 spiro atoms. The highest BCUT2D eigenvalue weighted by atomic mass is 35.5. The number of carbonyl (C=O) groups excluding carboxylic acids is 1. The van der Waals surface area contributed by atoms with E-state index in [1.54, 1.807) is 54.6 Å². The third-order valence-corrected chi connectivity index (χ3v) is 4.39. The summed E-state index contributed by atoms with van der Waals surface area (Å²) in [4.78, 5) is 12.4. The zero-order valence-electron chi connectivity index (χ0n) is 14.6. The van der Waals surface area contributed by atoms with E-state index < -0.39 is 5.91 Å². The van der Waals surface area contributed by atoms with Crippen molar-refractivity contribution < 1.29 is 14.6 Å². The lowest BCUT2D eigenvalue weighted by Crippen LogP contribution is -2.18. The van der Waals surface area contributed by atoms with Gasteiger partial charge >= 0.3 is 0 Å². The van der Waals surface area contributed by atoms with Crippen LogP contribution in [0.2, 0.25) is 10.0 Å². The maximum absolute atomic E-state index is 12.4. The summed E-state index contributed by atoms with van der Waals surface area (Å²) in [7, 11) is 0. The second-order valence-electron chi connectivity index (χ2n) is 5.81. The summed E-state index contributed by atoms with van der Waals surface area (Å²) in [6.45, 7) is 0.192. The molecule has 3 aromatic carbocycles. The molecule has 3 rings (SSSR count). The van der Waals surface area contributed by atoms with E-state index in [4.69, 9.17) is 27.9 Å². The van der Waals surface area contributed by atoms with Crippen molar-refractivity contribution in [3.05, 3.63) is 93.5 Å². The van der Waals surface area contributed by atoms with Crippen LogP contribution in [0.15, 0.2) is 71.8 Å². The highest BCUT2D eigenvalue weighted by Crippen LogP contribution is 2.24. The molecule has 7 heteroatoms. The molecule has 0 heterocycles. The first-order valence-electron chi connectivity index (χ1n) is 8.31. The Hall–Kier alpha value is -3.02. The molecule has 142 valence electrons. The Bertz CT molecular complexity index is 1000. The molecule has 0 aromatic heterocycles. The average Bonchev–Trinajstić information content (AvgIpc) is 2.69. The molecule has 0 saturated heterocycles. The Kier molecular flexibility index (Phi) is 6.53. The normalized spacial score (nSPS) is 10.8. The molecule has 0 unspecified atom stereocenters. The first-order chi connectivity index (χ1) is 13.5. The molecule has 0 bridgehead atoms. The van der Waals surface area contributed by atoms with Gasteiger partial charge in [0.1, 0.15) is 18.1 Å². The molecular formula is C21H16Cl2N2O3. The van der Waals surface area contributed by atoms with Gasteiger partial charge in [-0.25, -0.2) is 5.43 Å². The summed E-state index contributed by atoms with van der Waals surface area (Å²) in [6.07, 6.45) is 1.48. The molecule has 5 nitrogen and oxygen atoms in total. The van der Waals surface area contributed by atoms with Crippen LogP contribution in [0.5, 0.6) is 11.5 Å². The number of phenolic OH excluding ortho intramolecular Hbond substituents is 1. The summed E-state index contributed by atoms with van der Waals surface area (Å²) in [5.74, 6) is 0.159. The number of rotatable bonds is 6. The number of hydrazone groups is 1. The quantitative estimate of drug-likeness (QED) is 0.438. The van der Waals surface area contributed by atoms with E-state index in [0.29, 0.717) is 21.4 Å². The Morgan fingerprint density at radius 3 is 2.57 bits per heavy atom. The van der Waals surface area contributed by atoms with E-state index in [1.165, 1.54) is 18.3 Å². The van der Waals surface area contributed by atoms with Crippen LogP contribution in [-0.4, -0.2) is 17.2 Å². The summed E-state index contributed by atoms with van der Waals surface area (Å²) in [5.41, 5.74) is 4.30. The lowest BCUT2D eigenvalue weighted by molar-refractivity contribution is 0.0950. The molecule has 0 radical (unpaired) electrons. The zero-order chi connectivity index (χ0) is 19.9. The topological polar surface area (TPSA) is 70.9 Å². The van der Waals surface area contributed by atoms with Gasteiger partial charge in [-0.05, 0) is 54.1 Å². The third-order valence-electron chi connectivity index (χ3n) is 3.80. The maximum atomic E-state index is 12.4. The molecule has 3 aromatic rings. The Morgan fingerprint density at radius 1 is 1.07 bits per heavy atom. The molecule has 28 heavy (non-hydrogen) atoms. The molecule has 0 aliphatic carbocycles. The van der Waals surface area contributed by atoms with Gasteiger partial charge in [-0.3, -0.25) is 4.79 Å². The number of para-hydroxylation sites is 1. The Labute approximate surface area is 172 Å². The van der Waals surface area contributed by atoms with Gasteiger partial charge in [-0.15, -0.1) is 0 Å². The average molecular weight is 415 g/mol. The monoisotopic (exact) mass is 414 g/mol. The number of halogens is 2. The number of nitrogens with zero attached hydrogens (tertiary/aromatic N) is 1. The number of nitrogens with one attached hydrogen (secondary N) is 1. The van der Waals surface area contributed by atoms with E-state index in [9.17, 15) is 9.90 Å². The van der Waals surface area contributed by atoms with Gasteiger partial charge in [0.05, 0.1) is 11.8 Å². The summed E-state index contributed by atoms with van der Waals surface area (Å²) in [5, 5.41) is 14.2. The van der Waals surface area contributed by atoms with Gasteiger partial charge in [0.2, 0.25) is 0 Å². The molecule has 0 aliphatic heterocycles. The van der Waals surface area contributed by atoms with Gasteiger partial charge in [0.15, 0.2) is 0 Å². The van der Waals surface area contributed by atoms with Crippen molar-refractivity contribution in [1.82, 2.24) is 5.43 Å². The van der Waals surface area contributed by atoms with Gasteiger partial charge < -0.3 is 9.84 Å². The number of phenols is 1. The number of aromatic hydroxyl groups is 1. The van der Waals surface area contributed by atoms with Crippen molar-refractivity contribution in [3.8, 4) is 11.5 Å². The predicted octanol–water partition coefficient (Wildman–Crippen LogP) is 5.04. The molecular weight excluding hydrogens is 399 g/mol. The van der Waals surface area contributed by atoms with E-state index in [0.717, 1.165) is 11.1 Å². The first kappa shape index (κ1) is 19.7. The van der Waals surface area contributed by atoms with Gasteiger partial charge in [-0.2, -0.15) is 5.10 Å². The fraction of sp³-hybridized carbons (Fsp3) is 0.0476. The van der Waals surface area contributed by atoms with Gasteiger partial charge in [-0.1, -0.05) is 41.4 Å². The zero-order valence-corrected chi connectivity index (χ0v) is 16.1. The van der Waals surface area contributed by atoms with Crippen LogP contribution in [0.3, 0.4) is 0 Å². The van der Waals surface area contributed by atoms with Crippen molar-refractivity contribution in [1.29, 1.82) is 0 Å². The minimum absolute atomic E-state index is 0.160. The molecule has 0 aliphatic rings. The fourth-order valence-electron chi connectivity index (χ4n) is 2.36.